The first-order chi connectivity index (χ1) is 8.81. The summed E-state index contributed by atoms with van der Waals surface area (Å²) in [6.45, 7) is 1.91. The minimum absolute atomic E-state index is 0.583. The number of nitrogens with one attached hydrogen (secondary N) is 1. The molecule has 0 atom stereocenters. The third-order valence-electron chi connectivity index (χ3n) is 2.78. The van der Waals surface area contributed by atoms with E-state index in [0.717, 1.165) is 22.4 Å². The van der Waals surface area contributed by atoms with Crippen molar-refractivity contribution in [3.63, 3.8) is 0 Å². The Kier molecular flexibility index (Phi) is 2.42. The summed E-state index contributed by atoms with van der Waals surface area (Å²) in [6.07, 6.45) is 1.47. The standard InChI is InChI=1S/C12H12N6/c1-8-10-11(16-13)14-7-15-12(10)18(17-8)9-5-3-2-4-6-9/h2-7H,13H2,1H3,(H,14,15,16). The van der Waals surface area contributed by atoms with Crippen LogP contribution < -0.4 is 11.3 Å². The lowest BCUT2D eigenvalue weighted by atomic mass is 10.3. The highest BCUT2D eigenvalue weighted by atomic mass is 15.3. The molecule has 0 bridgehead atoms. The van der Waals surface area contributed by atoms with Crippen molar-refractivity contribution in [2.75, 3.05) is 5.43 Å². The molecule has 3 rings (SSSR count). The predicted molar refractivity (Wildman–Crippen MR) is 69.2 cm³/mol. The van der Waals surface area contributed by atoms with Crippen molar-refractivity contribution in [2.45, 2.75) is 6.92 Å². The Morgan fingerprint density at radius 1 is 1.17 bits per heavy atom. The molecule has 0 aliphatic heterocycles. The fraction of sp³-hybridized carbons (Fsp3) is 0.0833. The average Bonchev–Trinajstić information content (AvgIpc) is 2.77. The summed E-state index contributed by atoms with van der Waals surface area (Å²) in [4.78, 5) is 8.37. The average molecular weight is 240 g/mol. The van der Waals surface area contributed by atoms with Crippen molar-refractivity contribution in [3.05, 3.63) is 42.4 Å². The lowest BCUT2D eigenvalue weighted by Crippen LogP contribution is -2.09. The van der Waals surface area contributed by atoms with E-state index in [0.29, 0.717) is 5.82 Å². The minimum atomic E-state index is 0.583. The summed E-state index contributed by atoms with van der Waals surface area (Å²) in [5.41, 5.74) is 5.10. The van der Waals surface area contributed by atoms with Crippen LogP contribution in [0, 0.1) is 6.92 Å². The molecule has 0 unspecified atom stereocenters. The van der Waals surface area contributed by atoms with Gasteiger partial charge in [0.2, 0.25) is 0 Å². The molecule has 2 heterocycles. The molecule has 6 heteroatoms. The number of para-hydroxylation sites is 1. The Morgan fingerprint density at radius 2 is 1.94 bits per heavy atom. The zero-order valence-electron chi connectivity index (χ0n) is 9.83. The first kappa shape index (κ1) is 10.7. The number of benzene rings is 1. The first-order valence-corrected chi connectivity index (χ1v) is 5.53. The van der Waals surface area contributed by atoms with Gasteiger partial charge in [-0.15, -0.1) is 0 Å². The molecule has 0 radical (unpaired) electrons. The second kappa shape index (κ2) is 4.08. The van der Waals surface area contributed by atoms with Gasteiger partial charge in [0.1, 0.15) is 6.33 Å². The van der Waals surface area contributed by atoms with Crippen molar-refractivity contribution in [1.82, 2.24) is 19.7 Å². The highest BCUT2D eigenvalue weighted by Gasteiger charge is 2.13. The highest BCUT2D eigenvalue weighted by Crippen LogP contribution is 2.24. The lowest BCUT2D eigenvalue weighted by Gasteiger charge is -2.03. The van der Waals surface area contributed by atoms with Crippen LogP contribution in [0.15, 0.2) is 36.7 Å². The van der Waals surface area contributed by atoms with Crippen molar-refractivity contribution in [1.29, 1.82) is 0 Å². The number of nitrogen functional groups attached to an aromatic ring is 1. The molecule has 90 valence electrons. The van der Waals surface area contributed by atoms with Crippen molar-refractivity contribution >= 4 is 16.9 Å². The number of hydrogen-bond acceptors (Lipinski definition) is 5. The van der Waals surface area contributed by atoms with E-state index in [1.165, 1.54) is 6.33 Å². The molecule has 0 amide bonds. The van der Waals surface area contributed by atoms with Crippen LogP contribution in [0.4, 0.5) is 5.82 Å². The van der Waals surface area contributed by atoms with Gasteiger partial charge in [-0.3, -0.25) is 0 Å². The second-order valence-electron chi connectivity index (χ2n) is 3.90. The monoisotopic (exact) mass is 240 g/mol. The fourth-order valence-electron chi connectivity index (χ4n) is 1.98. The van der Waals surface area contributed by atoms with Gasteiger partial charge in [0.05, 0.1) is 16.8 Å². The van der Waals surface area contributed by atoms with Crippen molar-refractivity contribution < 1.29 is 0 Å². The molecule has 6 nitrogen and oxygen atoms in total. The van der Waals surface area contributed by atoms with E-state index in [4.69, 9.17) is 5.84 Å². The Labute approximate surface area is 103 Å². The van der Waals surface area contributed by atoms with E-state index in [2.05, 4.69) is 20.5 Å². The summed E-state index contributed by atoms with van der Waals surface area (Å²) in [5, 5.41) is 5.32. The van der Waals surface area contributed by atoms with E-state index >= 15 is 0 Å². The molecular formula is C12H12N6. The summed E-state index contributed by atoms with van der Waals surface area (Å²) < 4.78 is 1.78. The van der Waals surface area contributed by atoms with Crippen LogP contribution in [0.5, 0.6) is 0 Å². The Bertz CT molecular complexity index is 688. The van der Waals surface area contributed by atoms with E-state index in [-0.39, 0.29) is 0 Å². The number of anilines is 1. The van der Waals surface area contributed by atoms with E-state index in [1.54, 1.807) is 4.68 Å². The summed E-state index contributed by atoms with van der Waals surface area (Å²) in [5.74, 6) is 6.04. The maximum Gasteiger partial charge on any atom is 0.168 e. The van der Waals surface area contributed by atoms with E-state index in [9.17, 15) is 0 Å². The smallest absolute Gasteiger partial charge is 0.168 e. The van der Waals surface area contributed by atoms with Crippen molar-refractivity contribution in [3.8, 4) is 5.69 Å². The van der Waals surface area contributed by atoms with Crippen LogP contribution >= 0.6 is 0 Å². The fourth-order valence-corrected chi connectivity index (χ4v) is 1.98. The van der Waals surface area contributed by atoms with Crippen LogP contribution in [0.25, 0.3) is 16.7 Å². The summed E-state index contributed by atoms with van der Waals surface area (Å²) >= 11 is 0. The number of nitrogens with zero attached hydrogens (tertiary/aromatic N) is 4. The van der Waals surface area contributed by atoms with Crippen LogP contribution in [-0.4, -0.2) is 19.7 Å². The Balaban J connectivity index is 2.33. The molecule has 0 spiro atoms. The van der Waals surface area contributed by atoms with Crippen LogP contribution in [-0.2, 0) is 0 Å². The molecule has 0 aliphatic carbocycles. The summed E-state index contributed by atoms with van der Waals surface area (Å²) in [7, 11) is 0. The van der Waals surface area contributed by atoms with Gasteiger partial charge in [0, 0.05) is 0 Å². The molecule has 1 aromatic carbocycles. The quantitative estimate of drug-likeness (QED) is 0.523. The van der Waals surface area contributed by atoms with Crippen LogP contribution in [0.3, 0.4) is 0 Å². The first-order valence-electron chi connectivity index (χ1n) is 5.53. The van der Waals surface area contributed by atoms with Crippen LogP contribution in [0.2, 0.25) is 0 Å². The van der Waals surface area contributed by atoms with E-state index < -0.39 is 0 Å². The number of hydrogen-bond donors (Lipinski definition) is 2. The van der Waals surface area contributed by atoms with Gasteiger partial charge < -0.3 is 5.43 Å². The van der Waals surface area contributed by atoms with Gasteiger partial charge in [-0.25, -0.2) is 20.5 Å². The molecule has 3 aromatic rings. The third-order valence-corrected chi connectivity index (χ3v) is 2.78. The number of hydrazine groups is 1. The molecule has 0 fully saturated rings. The Hall–Kier alpha value is -2.47. The molecule has 3 N–H and O–H groups in total. The number of rotatable bonds is 2. The minimum Gasteiger partial charge on any atom is -0.308 e. The Morgan fingerprint density at radius 3 is 2.67 bits per heavy atom. The van der Waals surface area contributed by atoms with Gasteiger partial charge >= 0.3 is 0 Å². The number of aromatic nitrogens is 4. The predicted octanol–water partition coefficient (Wildman–Crippen LogP) is 1.41. The topological polar surface area (TPSA) is 81.7 Å². The normalized spacial score (nSPS) is 10.8. The molecular weight excluding hydrogens is 228 g/mol. The van der Waals surface area contributed by atoms with Crippen molar-refractivity contribution in [2.24, 2.45) is 5.84 Å². The molecule has 18 heavy (non-hydrogen) atoms. The molecule has 0 aliphatic rings. The van der Waals surface area contributed by atoms with E-state index in [1.807, 2.05) is 37.3 Å². The van der Waals surface area contributed by atoms with Gasteiger partial charge in [-0.1, -0.05) is 18.2 Å². The van der Waals surface area contributed by atoms with Gasteiger partial charge in [0.25, 0.3) is 0 Å². The number of aryl methyl sites for hydroxylation is 1. The molecule has 2 aromatic heterocycles. The SMILES string of the molecule is Cc1nn(-c2ccccc2)c2ncnc(NN)c12. The number of fused-ring (bicyclic) bond motifs is 1. The molecule has 0 saturated heterocycles. The zero-order valence-corrected chi connectivity index (χ0v) is 9.83. The van der Waals surface area contributed by atoms with Gasteiger partial charge in [0.15, 0.2) is 11.5 Å². The maximum atomic E-state index is 5.46. The number of nitrogens with two attached hydrogens (primary N) is 1. The second-order valence-corrected chi connectivity index (χ2v) is 3.90. The van der Waals surface area contributed by atoms with Gasteiger partial charge in [-0.05, 0) is 19.1 Å². The highest BCUT2D eigenvalue weighted by molar-refractivity contribution is 5.89. The largest absolute Gasteiger partial charge is 0.308 e. The van der Waals surface area contributed by atoms with Gasteiger partial charge in [-0.2, -0.15) is 5.10 Å². The molecule has 0 saturated carbocycles. The third kappa shape index (κ3) is 1.51. The maximum absolute atomic E-state index is 5.46. The lowest BCUT2D eigenvalue weighted by molar-refractivity contribution is 0.876. The summed E-state index contributed by atoms with van der Waals surface area (Å²) in [6, 6.07) is 9.83. The zero-order chi connectivity index (χ0) is 12.5. The van der Waals surface area contributed by atoms with Crippen LogP contribution in [0.1, 0.15) is 5.69 Å².